The number of benzene rings is 1. The number of hydrogen-bond donors (Lipinski definition) is 0. The Balaban J connectivity index is 1.29. The van der Waals surface area contributed by atoms with Gasteiger partial charge >= 0.3 is 0 Å². The first-order chi connectivity index (χ1) is 14.7. The number of piperidine rings is 1. The number of ether oxygens (including phenoxy) is 1. The number of nitrogens with zero attached hydrogens (tertiary/aromatic N) is 5. The molecule has 1 aromatic heterocycles. The van der Waals surface area contributed by atoms with Gasteiger partial charge in [0, 0.05) is 38.3 Å². The highest BCUT2D eigenvalue weighted by molar-refractivity contribution is 5.92. The number of carbonyl (C=O) groups is 1. The lowest BCUT2D eigenvalue weighted by Crippen LogP contribution is -2.37. The first-order valence-electron chi connectivity index (χ1n) is 10.9. The summed E-state index contributed by atoms with van der Waals surface area (Å²) in [5, 5.41) is 8.35. The summed E-state index contributed by atoms with van der Waals surface area (Å²) < 4.78 is 7.26. The zero-order valence-corrected chi connectivity index (χ0v) is 17.7. The van der Waals surface area contributed by atoms with Crippen molar-refractivity contribution in [3.63, 3.8) is 0 Å². The number of para-hydroxylation sites is 1. The summed E-state index contributed by atoms with van der Waals surface area (Å²) >= 11 is 0. The van der Waals surface area contributed by atoms with Gasteiger partial charge in [0.1, 0.15) is 5.75 Å². The molecule has 0 radical (unpaired) electrons. The summed E-state index contributed by atoms with van der Waals surface area (Å²) in [5.74, 6) is 1.44. The molecular formula is C23H31N5O2. The van der Waals surface area contributed by atoms with Gasteiger partial charge in [-0.25, -0.2) is 0 Å². The Morgan fingerprint density at radius 2 is 2.03 bits per heavy atom. The molecule has 1 amide bonds. The molecule has 2 aliphatic rings. The van der Waals surface area contributed by atoms with Gasteiger partial charge in [-0.2, -0.15) is 0 Å². The third kappa shape index (κ3) is 5.08. The number of hydrogen-bond acceptors (Lipinski definition) is 5. The normalized spacial score (nSPS) is 20.2. The Morgan fingerprint density at radius 3 is 2.87 bits per heavy atom. The lowest BCUT2D eigenvalue weighted by atomic mass is 9.98. The van der Waals surface area contributed by atoms with E-state index in [1.165, 1.54) is 12.8 Å². The molecule has 0 aliphatic carbocycles. The van der Waals surface area contributed by atoms with Crippen molar-refractivity contribution in [1.82, 2.24) is 24.8 Å². The number of likely N-dealkylation sites (tertiary alicyclic amines) is 2. The van der Waals surface area contributed by atoms with Crippen LogP contribution in [0.2, 0.25) is 0 Å². The van der Waals surface area contributed by atoms with E-state index in [1.54, 1.807) is 7.11 Å². The van der Waals surface area contributed by atoms with E-state index in [4.69, 9.17) is 4.74 Å². The van der Waals surface area contributed by atoms with Crippen LogP contribution in [0.4, 0.5) is 0 Å². The second kappa shape index (κ2) is 9.89. The Labute approximate surface area is 178 Å². The average Bonchev–Trinajstić information content (AvgIpc) is 3.46. The lowest BCUT2D eigenvalue weighted by molar-refractivity contribution is 0.0787. The standard InChI is InChI=1S/C23H31N5O2/c1-30-22-11-3-2-9-20(22)10-7-13-26-12-6-8-19(16-26)17-28-18-21(24-25-28)23(29)27-14-4-5-15-27/h2-3,7,9-11,18-19H,4-6,8,12-17H2,1H3/b10-7+. The number of rotatable bonds is 7. The van der Waals surface area contributed by atoms with Gasteiger partial charge in [-0.3, -0.25) is 14.4 Å². The van der Waals surface area contributed by atoms with E-state index in [-0.39, 0.29) is 5.91 Å². The summed E-state index contributed by atoms with van der Waals surface area (Å²) in [5.41, 5.74) is 1.58. The fourth-order valence-electron chi connectivity index (χ4n) is 4.43. The van der Waals surface area contributed by atoms with Crippen molar-refractivity contribution < 1.29 is 9.53 Å². The molecule has 0 saturated carbocycles. The SMILES string of the molecule is COc1ccccc1/C=C/CN1CCCC(Cn2cc(C(=O)N3CCCC3)nn2)C1. The molecule has 1 unspecified atom stereocenters. The van der Waals surface area contributed by atoms with E-state index in [2.05, 4.69) is 33.4 Å². The second-order valence-corrected chi connectivity index (χ2v) is 8.24. The Morgan fingerprint density at radius 1 is 1.20 bits per heavy atom. The van der Waals surface area contributed by atoms with Crippen molar-refractivity contribution in [2.45, 2.75) is 32.2 Å². The lowest BCUT2D eigenvalue weighted by Gasteiger charge is -2.31. The zero-order valence-electron chi connectivity index (χ0n) is 17.7. The number of carbonyl (C=O) groups excluding carboxylic acids is 1. The molecular weight excluding hydrogens is 378 g/mol. The molecule has 7 heteroatoms. The van der Waals surface area contributed by atoms with Crippen LogP contribution in [0, 0.1) is 5.92 Å². The molecule has 4 rings (SSSR count). The van der Waals surface area contributed by atoms with Crippen LogP contribution in [-0.2, 0) is 6.54 Å². The maximum absolute atomic E-state index is 12.5. The summed E-state index contributed by atoms with van der Waals surface area (Å²) in [7, 11) is 1.70. The largest absolute Gasteiger partial charge is 0.496 e. The van der Waals surface area contributed by atoms with Crippen LogP contribution in [0.1, 0.15) is 41.7 Å². The smallest absolute Gasteiger partial charge is 0.276 e. The van der Waals surface area contributed by atoms with Gasteiger partial charge in [-0.15, -0.1) is 5.10 Å². The second-order valence-electron chi connectivity index (χ2n) is 8.24. The fraction of sp³-hybridized carbons (Fsp3) is 0.522. The van der Waals surface area contributed by atoms with Crippen LogP contribution in [0.5, 0.6) is 5.75 Å². The van der Waals surface area contributed by atoms with Gasteiger partial charge < -0.3 is 9.64 Å². The predicted octanol–water partition coefficient (Wildman–Crippen LogP) is 2.95. The van der Waals surface area contributed by atoms with Crippen LogP contribution >= 0.6 is 0 Å². The van der Waals surface area contributed by atoms with Crippen molar-refractivity contribution in [3.05, 3.63) is 47.8 Å². The predicted molar refractivity (Wildman–Crippen MR) is 116 cm³/mol. The van der Waals surface area contributed by atoms with Gasteiger partial charge in [-0.05, 0) is 44.2 Å². The van der Waals surface area contributed by atoms with Gasteiger partial charge in [-0.1, -0.05) is 35.6 Å². The van der Waals surface area contributed by atoms with Crippen LogP contribution in [0.25, 0.3) is 6.08 Å². The Kier molecular flexibility index (Phi) is 6.79. The van der Waals surface area contributed by atoms with Crippen LogP contribution in [0.3, 0.4) is 0 Å². The van der Waals surface area contributed by atoms with Crippen molar-refractivity contribution in [2.24, 2.45) is 5.92 Å². The van der Waals surface area contributed by atoms with E-state index in [0.717, 1.165) is 63.4 Å². The minimum atomic E-state index is 0.0190. The third-order valence-electron chi connectivity index (χ3n) is 6.00. The monoisotopic (exact) mass is 409 g/mol. The topological polar surface area (TPSA) is 63.5 Å². The molecule has 2 aromatic rings. The van der Waals surface area contributed by atoms with E-state index in [1.807, 2.05) is 34.0 Å². The Hall–Kier alpha value is -2.67. The van der Waals surface area contributed by atoms with Gasteiger partial charge in [0.25, 0.3) is 5.91 Å². The first-order valence-corrected chi connectivity index (χ1v) is 10.9. The minimum Gasteiger partial charge on any atom is -0.496 e. The number of aromatic nitrogens is 3. The van der Waals surface area contributed by atoms with E-state index in [0.29, 0.717) is 11.6 Å². The summed E-state index contributed by atoms with van der Waals surface area (Å²) in [6, 6.07) is 8.07. The quantitative estimate of drug-likeness (QED) is 0.704. The molecule has 3 heterocycles. The maximum Gasteiger partial charge on any atom is 0.276 e. The molecule has 2 saturated heterocycles. The van der Waals surface area contributed by atoms with Crippen LogP contribution in [-0.4, -0.2) is 70.5 Å². The molecule has 0 bridgehead atoms. The fourth-order valence-corrected chi connectivity index (χ4v) is 4.43. The number of methoxy groups -OCH3 is 1. The summed E-state index contributed by atoms with van der Waals surface area (Å²) in [6.07, 6.45) is 10.7. The zero-order chi connectivity index (χ0) is 20.8. The van der Waals surface area contributed by atoms with Crippen molar-refractivity contribution >= 4 is 12.0 Å². The molecule has 7 nitrogen and oxygen atoms in total. The molecule has 1 aromatic carbocycles. The average molecular weight is 410 g/mol. The first kappa shape index (κ1) is 20.6. The molecule has 0 N–H and O–H groups in total. The van der Waals surface area contributed by atoms with Crippen molar-refractivity contribution in [2.75, 3.05) is 39.8 Å². The van der Waals surface area contributed by atoms with Gasteiger partial charge in [0.15, 0.2) is 5.69 Å². The Bertz CT molecular complexity index is 872. The molecule has 30 heavy (non-hydrogen) atoms. The van der Waals surface area contributed by atoms with Crippen molar-refractivity contribution in [3.8, 4) is 5.75 Å². The highest BCUT2D eigenvalue weighted by Crippen LogP contribution is 2.21. The van der Waals surface area contributed by atoms with Crippen molar-refractivity contribution in [1.29, 1.82) is 0 Å². The third-order valence-corrected chi connectivity index (χ3v) is 6.00. The molecule has 2 fully saturated rings. The molecule has 1 atom stereocenters. The number of amides is 1. The maximum atomic E-state index is 12.5. The van der Waals surface area contributed by atoms with Gasteiger partial charge in [0.2, 0.25) is 0 Å². The van der Waals surface area contributed by atoms with Gasteiger partial charge in [0.05, 0.1) is 13.3 Å². The van der Waals surface area contributed by atoms with Crippen LogP contribution in [0.15, 0.2) is 36.5 Å². The van der Waals surface area contributed by atoms with Crippen LogP contribution < -0.4 is 4.74 Å². The summed E-state index contributed by atoms with van der Waals surface area (Å²) in [4.78, 5) is 16.8. The highest BCUT2D eigenvalue weighted by Gasteiger charge is 2.24. The highest BCUT2D eigenvalue weighted by atomic mass is 16.5. The summed E-state index contributed by atoms with van der Waals surface area (Å²) in [6.45, 7) is 5.56. The van der Waals surface area contributed by atoms with E-state index in [9.17, 15) is 4.79 Å². The van der Waals surface area contributed by atoms with E-state index >= 15 is 0 Å². The molecule has 160 valence electrons. The van der Waals surface area contributed by atoms with E-state index < -0.39 is 0 Å². The minimum absolute atomic E-state index is 0.0190. The molecule has 2 aliphatic heterocycles. The molecule has 0 spiro atoms.